The lowest BCUT2D eigenvalue weighted by molar-refractivity contribution is -0.139. The minimum Gasteiger partial charge on any atom is -0.487 e. The molecule has 2 amide bonds. The summed E-state index contributed by atoms with van der Waals surface area (Å²) in [4.78, 5) is 30.3. The van der Waals surface area contributed by atoms with E-state index >= 15 is 0 Å². The zero-order valence-electron chi connectivity index (χ0n) is 27.1. The summed E-state index contributed by atoms with van der Waals surface area (Å²) in [7, 11) is -4.23. The van der Waals surface area contributed by atoms with Crippen molar-refractivity contribution in [3.8, 4) is 5.75 Å². The van der Waals surface area contributed by atoms with Gasteiger partial charge in [-0.1, -0.05) is 23.7 Å². The van der Waals surface area contributed by atoms with E-state index in [4.69, 9.17) is 25.8 Å². The van der Waals surface area contributed by atoms with Gasteiger partial charge in [0, 0.05) is 37.1 Å². The molecule has 3 heterocycles. The standard InChI is InChI=1S/C35H44ClN3O7S/c1-35(2)33(40)37-47(42,43)28-13-15-32-30(21-28)39(18-4-3-8-24-20-27(36)12-10-26(24)23-44-32)22-25-11-14-29(25)31(9-7-19-45-35)46-34(41)38-16-5-6-17-38/h7,9-10,12-13,15,20-21,25,29,31H,3-6,8,11,14,16-19,22-23H2,1-2H3,(H,37,40)/b9-7+/t25-,29+,31-/m0/s1. The second-order valence-electron chi connectivity index (χ2n) is 13.5. The van der Waals surface area contributed by atoms with E-state index in [1.165, 1.54) is 19.9 Å². The van der Waals surface area contributed by atoms with Gasteiger partial charge in [0.1, 0.15) is 24.1 Å². The molecule has 47 heavy (non-hydrogen) atoms. The number of aryl methyl sites for hydroxylation is 1. The van der Waals surface area contributed by atoms with Crippen LogP contribution in [-0.4, -0.2) is 69.8 Å². The second-order valence-corrected chi connectivity index (χ2v) is 15.6. The Morgan fingerprint density at radius 3 is 2.57 bits per heavy atom. The van der Waals surface area contributed by atoms with Crippen molar-refractivity contribution in [3.63, 3.8) is 0 Å². The molecule has 12 heteroatoms. The molecule has 0 unspecified atom stereocenters. The van der Waals surface area contributed by atoms with Crippen molar-refractivity contribution in [1.82, 2.24) is 9.62 Å². The SMILES string of the molecule is CC1(C)OC/C=C/[C@H](OC(=O)N2CCCC2)[C@@H]2CC[C@H]2CN2CCCCc3cc(Cl)ccc3COc3ccc(cc32)S(=O)(=O)NC1=O. The molecule has 0 radical (unpaired) electrons. The molecule has 1 saturated heterocycles. The summed E-state index contributed by atoms with van der Waals surface area (Å²) in [6, 6.07) is 10.6. The number of anilines is 1. The largest absolute Gasteiger partial charge is 0.487 e. The molecule has 0 aromatic heterocycles. The van der Waals surface area contributed by atoms with Gasteiger partial charge in [-0.2, -0.15) is 0 Å². The van der Waals surface area contributed by atoms with E-state index in [0.717, 1.165) is 56.1 Å². The lowest BCUT2D eigenvalue weighted by atomic mass is 9.70. The van der Waals surface area contributed by atoms with Gasteiger partial charge in [-0.15, -0.1) is 0 Å². The number of nitrogens with one attached hydrogen (secondary N) is 1. The summed E-state index contributed by atoms with van der Waals surface area (Å²) in [5.41, 5.74) is 1.37. The van der Waals surface area contributed by atoms with Gasteiger partial charge in [0.2, 0.25) is 0 Å². The first-order valence-electron chi connectivity index (χ1n) is 16.6. The Morgan fingerprint density at radius 2 is 1.81 bits per heavy atom. The molecule has 0 spiro atoms. The first kappa shape index (κ1) is 33.6. The maximum Gasteiger partial charge on any atom is 0.410 e. The number of benzene rings is 2. The third-order valence-electron chi connectivity index (χ3n) is 9.85. The summed E-state index contributed by atoms with van der Waals surface area (Å²) < 4.78 is 47.7. The summed E-state index contributed by atoms with van der Waals surface area (Å²) in [5.74, 6) is 0.0303. The van der Waals surface area contributed by atoms with Gasteiger partial charge >= 0.3 is 6.09 Å². The number of likely N-dealkylation sites (tertiary alicyclic amines) is 1. The van der Waals surface area contributed by atoms with Crippen LogP contribution in [0.4, 0.5) is 10.5 Å². The minimum atomic E-state index is -4.23. The van der Waals surface area contributed by atoms with Gasteiger partial charge in [0.15, 0.2) is 0 Å². The van der Waals surface area contributed by atoms with Crippen LogP contribution >= 0.6 is 11.6 Å². The zero-order chi connectivity index (χ0) is 33.2. The third-order valence-corrected chi connectivity index (χ3v) is 11.4. The quantitative estimate of drug-likeness (QED) is 0.372. The number of hydrogen-bond donors (Lipinski definition) is 1. The molecule has 3 aliphatic heterocycles. The van der Waals surface area contributed by atoms with E-state index in [0.29, 0.717) is 49.2 Å². The van der Waals surface area contributed by atoms with Gasteiger partial charge in [-0.3, -0.25) is 4.79 Å². The van der Waals surface area contributed by atoms with Crippen LogP contribution in [0.2, 0.25) is 5.02 Å². The molecule has 6 rings (SSSR count). The molecule has 3 atom stereocenters. The summed E-state index contributed by atoms with van der Waals surface area (Å²) >= 11 is 6.34. The maximum atomic E-state index is 13.6. The van der Waals surface area contributed by atoms with E-state index in [1.54, 1.807) is 23.1 Å². The zero-order valence-corrected chi connectivity index (χ0v) is 28.7. The van der Waals surface area contributed by atoms with Crippen LogP contribution in [0.5, 0.6) is 5.75 Å². The number of halogens is 1. The fraction of sp³-hybridized carbons (Fsp3) is 0.543. The van der Waals surface area contributed by atoms with Crippen LogP contribution in [0.3, 0.4) is 0 Å². The third kappa shape index (κ3) is 7.73. The molecule has 1 saturated carbocycles. The van der Waals surface area contributed by atoms with Crippen LogP contribution < -0.4 is 14.4 Å². The second kappa shape index (κ2) is 14.1. The van der Waals surface area contributed by atoms with Gasteiger partial charge < -0.3 is 24.0 Å². The molecule has 10 nitrogen and oxygen atoms in total. The van der Waals surface area contributed by atoms with E-state index in [-0.39, 0.29) is 29.4 Å². The molecule has 1 aliphatic carbocycles. The molecule has 1 N–H and O–H groups in total. The fourth-order valence-corrected chi connectivity index (χ4v) is 8.11. The highest BCUT2D eigenvalue weighted by Crippen LogP contribution is 2.42. The number of rotatable bonds is 1. The first-order valence-corrected chi connectivity index (χ1v) is 18.5. The topological polar surface area (TPSA) is 114 Å². The average Bonchev–Trinajstić information content (AvgIpc) is 3.55. The van der Waals surface area contributed by atoms with Crippen molar-refractivity contribution in [2.24, 2.45) is 11.8 Å². The molecule has 2 bridgehead atoms. The van der Waals surface area contributed by atoms with Crippen molar-refractivity contribution in [3.05, 3.63) is 64.7 Å². The van der Waals surface area contributed by atoms with Gasteiger partial charge in [0.25, 0.3) is 15.9 Å². The summed E-state index contributed by atoms with van der Waals surface area (Å²) in [6.07, 6.45) is 9.26. The van der Waals surface area contributed by atoms with Crippen molar-refractivity contribution in [2.75, 3.05) is 37.7 Å². The molecule has 254 valence electrons. The van der Waals surface area contributed by atoms with E-state index < -0.39 is 27.6 Å². The molecular formula is C35H44ClN3O7S. The Balaban J connectivity index is 1.37. The Morgan fingerprint density at radius 1 is 1.02 bits per heavy atom. The smallest absolute Gasteiger partial charge is 0.410 e. The van der Waals surface area contributed by atoms with E-state index in [2.05, 4.69) is 9.62 Å². The Hall–Kier alpha value is -3.28. The van der Waals surface area contributed by atoms with Crippen LogP contribution in [0, 0.1) is 11.8 Å². The number of ether oxygens (including phenoxy) is 3. The highest BCUT2D eigenvalue weighted by Gasteiger charge is 2.40. The number of amides is 2. The van der Waals surface area contributed by atoms with Crippen LogP contribution in [-0.2, 0) is 37.3 Å². The monoisotopic (exact) mass is 685 g/mol. The first-order chi connectivity index (χ1) is 22.5. The minimum absolute atomic E-state index is 0.0365. The normalized spacial score (nSPS) is 26.7. The Labute approximate surface area is 282 Å². The van der Waals surface area contributed by atoms with Crippen LogP contribution in [0.15, 0.2) is 53.4 Å². The molecular weight excluding hydrogens is 642 g/mol. The number of fused-ring (bicyclic) bond motifs is 3. The molecule has 2 aromatic carbocycles. The predicted octanol–water partition coefficient (Wildman–Crippen LogP) is 5.86. The van der Waals surface area contributed by atoms with Crippen molar-refractivity contribution < 1.29 is 32.2 Å². The number of sulfonamides is 1. The Kier molecular flexibility index (Phi) is 10.1. The summed E-state index contributed by atoms with van der Waals surface area (Å²) in [6.45, 7) is 6.09. The van der Waals surface area contributed by atoms with Crippen LogP contribution in [0.25, 0.3) is 0 Å². The molecule has 2 fully saturated rings. The van der Waals surface area contributed by atoms with Crippen molar-refractivity contribution in [2.45, 2.75) is 82.0 Å². The lowest BCUT2D eigenvalue weighted by Crippen LogP contribution is -2.47. The maximum absolute atomic E-state index is 13.6. The van der Waals surface area contributed by atoms with E-state index in [9.17, 15) is 18.0 Å². The van der Waals surface area contributed by atoms with Crippen LogP contribution in [0.1, 0.15) is 63.5 Å². The predicted molar refractivity (Wildman–Crippen MR) is 179 cm³/mol. The van der Waals surface area contributed by atoms with Gasteiger partial charge in [0.05, 0.1) is 17.2 Å². The highest BCUT2D eigenvalue weighted by molar-refractivity contribution is 7.90. The molecule has 4 aliphatic rings. The lowest BCUT2D eigenvalue weighted by Gasteiger charge is -2.43. The summed E-state index contributed by atoms with van der Waals surface area (Å²) in [5, 5.41) is 0.681. The number of nitrogens with zero attached hydrogens (tertiary/aromatic N) is 2. The average molecular weight is 686 g/mol. The fourth-order valence-electron chi connectivity index (χ4n) is 6.80. The van der Waals surface area contributed by atoms with Crippen molar-refractivity contribution >= 4 is 39.3 Å². The molecule has 2 aromatic rings. The number of carbonyl (C=O) groups is 2. The number of carbonyl (C=O) groups excluding carboxylic acids is 2. The highest BCUT2D eigenvalue weighted by atomic mass is 35.5. The van der Waals surface area contributed by atoms with Crippen molar-refractivity contribution in [1.29, 1.82) is 0 Å². The Bertz CT molecular complexity index is 1620. The van der Waals surface area contributed by atoms with Gasteiger partial charge in [-0.25, -0.2) is 17.9 Å². The number of hydrogen-bond acceptors (Lipinski definition) is 8. The van der Waals surface area contributed by atoms with Gasteiger partial charge in [-0.05, 0) is 112 Å². The van der Waals surface area contributed by atoms with E-state index in [1.807, 2.05) is 24.3 Å².